The Morgan fingerprint density at radius 1 is 1.05 bits per heavy atom. The molecule has 0 saturated carbocycles. The molecule has 2 fully saturated rings. The summed E-state index contributed by atoms with van der Waals surface area (Å²) in [6.07, 6.45) is 0.710. The smallest absolute Gasteiger partial charge is 0.409 e. The van der Waals surface area contributed by atoms with Gasteiger partial charge in [-0.05, 0) is 61.7 Å². The second-order valence-electron chi connectivity index (χ2n) is 9.25. The largest absolute Gasteiger partial charge is 0.448 e. The molecule has 1 amide bonds. The highest BCUT2D eigenvalue weighted by Crippen LogP contribution is 2.40. The monoisotopic (exact) mass is 556 g/mol. The molecular weight excluding hydrogens is 526 g/mol. The van der Waals surface area contributed by atoms with Crippen molar-refractivity contribution in [1.29, 1.82) is 0 Å². The van der Waals surface area contributed by atoms with E-state index in [4.69, 9.17) is 22.1 Å². The Morgan fingerprint density at radius 2 is 1.76 bits per heavy atom. The molecule has 202 valence electrons. The van der Waals surface area contributed by atoms with E-state index in [1.165, 1.54) is 28.6 Å². The fraction of sp³-hybridized carbons (Fsp3) is 0.480. The van der Waals surface area contributed by atoms with Gasteiger partial charge in [0.1, 0.15) is 18.2 Å². The van der Waals surface area contributed by atoms with Crippen LogP contribution in [0.1, 0.15) is 30.9 Å². The number of piperidine rings is 1. The molecule has 0 radical (unpaired) electrons. The highest BCUT2D eigenvalue weighted by Gasteiger charge is 2.42. The molecule has 37 heavy (non-hydrogen) atoms. The number of nitrogens with zero attached hydrogens (tertiary/aromatic N) is 3. The van der Waals surface area contributed by atoms with E-state index in [0.717, 1.165) is 24.7 Å². The van der Waals surface area contributed by atoms with Crippen LogP contribution < -0.4 is 5.73 Å². The summed E-state index contributed by atoms with van der Waals surface area (Å²) in [5.41, 5.74) is 5.55. The SMILES string of the molecule is NCCN1CCN(C(=O)OCC2CCCC(c3cc(F)ccc3F)N2S(=O)(=O)c2ccc(Cl)cc2)CC1. The zero-order chi connectivity index (χ0) is 26.6. The molecule has 0 aliphatic carbocycles. The Kier molecular flexibility index (Phi) is 9.02. The van der Waals surface area contributed by atoms with Crippen molar-refractivity contribution in [3.8, 4) is 0 Å². The van der Waals surface area contributed by atoms with Gasteiger partial charge in [0.25, 0.3) is 0 Å². The molecule has 2 aromatic carbocycles. The van der Waals surface area contributed by atoms with Gasteiger partial charge in [0, 0.05) is 49.9 Å². The van der Waals surface area contributed by atoms with E-state index in [9.17, 15) is 22.0 Å². The van der Waals surface area contributed by atoms with Crippen molar-refractivity contribution < 1.29 is 26.7 Å². The van der Waals surface area contributed by atoms with Crippen LogP contribution in [0.4, 0.5) is 13.6 Å². The zero-order valence-corrected chi connectivity index (χ0v) is 21.9. The zero-order valence-electron chi connectivity index (χ0n) is 20.4. The lowest BCUT2D eigenvalue weighted by Gasteiger charge is -2.41. The van der Waals surface area contributed by atoms with Crippen molar-refractivity contribution in [3.05, 3.63) is 64.7 Å². The predicted molar refractivity (Wildman–Crippen MR) is 136 cm³/mol. The maximum Gasteiger partial charge on any atom is 0.409 e. The number of carbonyl (C=O) groups is 1. The lowest BCUT2D eigenvalue weighted by atomic mass is 9.93. The third-order valence-electron chi connectivity index (χ3n) is 6.86. The average Bonchev–Trinajstić information content (AvgIpc) is 2.89. The summed E-state index contributed by atoms with van der Waals surface area (Å²) < 4.78 is 63.3. The van der Waals surface area contributed by atoms with Gasteiger partial charge in [-0.15, -0.1) is 0 Å². The number of hydrogen-bond acceptors (Lipinski definition) is 6. The third-order valence-corrected chi connectivity index (χ3v) is 9.09. The molecular formula is C25H31ClF2N4O4S. The molecule has 2 unspecified atom stereocenters. The summed E-state index contributed by atoms with van der Waals surface area (Å²) in [7, 11) is -4.18. The van der Waals surface area contributed by atoms with E-state index in [-0.39, 0.29) is 17.1 Å². The number of sulfonamides is 1. The quantitative estimate of drug-likeness (QED) is 0.560. The number of hydrogen-bond donors (Lipinski definition) is 1. The topological polar surface area (TPSA) is 96.2 Å². The first-order chi connectivity index (χ1) is 17.7. The van der Waals surface area contributed by atoms with Crippen LogP contribution >= 0.6 is 11.6 Å². The third kappa shape index (κ3) is 6.40. The lowest BCUT2D eigenvalue weighted by molar-refractivity contribution is 0.0487. The van der Waals surface area contributed by atoms with E-state index in [2.05, 4.69) is 4.90 Å². The molecule has 12 heteroatoms. The van der Waals surface area contributed by atoms with Crippen LogP contribution in [-0.2, 0) is 14.8 Å². The van der Waals surface area contributed by atoms with E-state index >= 15 is 0 Å². The maximum absolute atomic E-state index is 14.8. The molecule has 2 saturated heterocycles. The Morgan fingerprint density at radius 3 is 2.43 bits per heavy atom. The second kappa shape index (κ2) is 12.0. The number of halogens is 3. The molecule has 2 aliphatic rings. The van der Waals surface area contributed by atoms with Crippen LogP contribution in [0.5, 0.6) is 0 Å². The fourth-order valence-electron chi connectivity index (χ4n) is 4.96. The summed E-state index contributed by atoms with van der Waals surface area (Å²) in [5.74, 6) is -1.36. The van der Waals surface area contributed by atoms with E-state index in [0.29, 0.717) is 57.0 Å². The number of carbonyl (C=O) groups excluding carboxylic acids is 1. The van der Waals surface area contributed by atoms with Crippen molar-refractivity contribution in [2.75, 3.05) is 45.9 Å². The standard InChI is InChI=1S/C25H31ClF2N4O4S/c26-18-4-7-21(8-5-18)37(34,35)32-20(2-1-3-24(32)22-16-19(27)6-9-23(22)28)17-36-25(33)31-14-12-30(11-10-29)13-15-31/h4-9,16,20,24H,1-3,10-15,17,29H2. The Labute approximate surface area is 221 Å². The number of amides is 1. The minimum Gasteiger partial charge on any atom is -0.448 e. The Hall–Kier alpha value is -2.31. The second-order valence-corrected chi connectivity index (χ2v) is 11.5. The van der Waals surface area contributed by atoms with Crippen LogP contribution in [0.2, 0.25) is 5.02 Å². The number of piperazine rings is 1. The summed E-state index contributed by atoms with van der Waals surface area (Å²) in [5, 5.41) is 0.363. The molecule has 2 N–H and O–H groups in total. The molecule has 2 heterocycles. The van der Waals surface area contributed by atoms with Gasteiger partial charge >= 0.3 is 6.09 Å². The first-order valence-corrected chi connectivity index (χ1v) is 14.1. The summed E-state index contributed by atoms with van der Waals surface area (Å²) in [4.78, 5) is 16.5. The van der Waals surface area contributed by atoms with E-state index in [1.807, 2.05) is 0 Å². The fourth-order valence-corrected chi connectivity index (χ4v) is 6.92. The maximum atomic E-state index is 14.8. The lowest BCUT2D eigenvalue weighted by Crippen LogP contribution is -2.51. The molecule has 2 aliphatic heterocycles. The molecule has 2 aromatic rings. The normalized spacial score (nSPS) is 21.7. The van der Waals surface area contributed by atoms with Gasteiger partial charge in [-0.25, -0.2) is 22.0 Å². The van der Waals surface area contributed by atoms with E-state index in [1.54, 1.807) is 4.90 Å². The predicted octanol–water partition coefficient (Wildman–Crippen LogP) is 3.62. The van der Waals surface area contributed by atoms with Crippen LogP contribution in [0.15, 0.2) is 47.4 Å². The minimum absolute atomic E-state index is 0.0343. The summed E-state index contributed by atoms with van der Waals surface area (Å²) in [6, 6.07) is 6.94. The first-order valence-electron chi connectivity index (χ1n) is 12.3. The van der Waals surface area contributed by atoms with Crippen molar-refractivity contribution in [3.63, 3.8) is 0 Å². The number of rotatable bonds is 7. The van der Waals surface area contributed by atoms with Gasteiger partial charge in [0.05, 0.1) is 17.0 Å². The molecule has 0 spiro atoms. The molecule has 4 rings (SSSR count). The minimum atomic E-state index is -4.18. The average molecular weight is 557 g/mol. The molecule has 0 bridgehead atoms. The summed E-state index contributed by atoms with van der Waals surface area (Å²) >= 11 is 5.95. The first kappa shape index (κ1) is 27.7. The number of ether oxygens (including phenoxy) is 1. The van der Waals surface area contributed by atoms with Crippen LogP contribution in [0.3, 0.4) is 0 Å². The highest BCUT2D eigenvalue weighted by atomic mass is 35.5. The van der Waals surface area contributed by atoms with Crippen molar-refractivity contribution in [1.82, 2.24) is 14.1 Å². The van der Waals surface area contributed by atoms with Gasteiger partial charge in [0.2, 0.25) is 10.0 Å². The van der Waals surface area contributed by atoms with Crippen molar-refractivity contribution >= 4 is 27.7 Å². The molecule has 8 nitrogen and oxygen atoms in total. The number of nitrogens with two attached hydrogens (primary N) is 1. The van der Waals surface area contributed by atoms with Gasteiger partial charge in [-0.2, -0.15) is 4.31 Å². The van der Waals surface area contributed by atoms with Gasteiger partial charge in [0.15, 0.2) is 0 Å². The van der Waals surface area contributed by atoms with Crippen molar-refractivity contribution in [2.24, 2.45) is 5.73 Å². The van der Waals surface area contributed by atoms with Gasteiger partial charge < -0.3 is 15.4 Å². The Bertz CT molecular complexity index is 1190. The van der Waals surface area contributed by atoms with Crippen LogP contribution in [0.25, 0.3) is 0 Å². The van der Waals surface area contributed by atoms with Gasteiger partial charge in [-0.3, -0.25) is 4.90 Å². The van der Waals surface area contributed by atoms with Crippen LogP contribution in [0, 0.1) is 11.6 Å². The van der Waals surface area contributed by atoms with E-state index < -0.39 is 39.8 Å². The Balaban J connectivity index is 1.58. The summed E-state index contributed by atoms with van der Waals surface area (Å²) in [6.45, 7) is 3.39. The molecule has 0 aromatic heterocycles. The van der Waals surface area contributed by atoms with Crippen LogP contribution in [-0.4, -0.2) is 80.5 Å². The van der Waals surface area contributed by atoms with Crippen molar-refractivity contribution in [2.45, 2.75) is 36.2 Å². The molecule has 2 atom stereocenters. The number of benzene rings is 2. The highest BCUT2D eigenvalue weighted by molar-refractivity contribution is 7.89. The van der Waals surface area contributed by atoms with Gasteiger partial charge in [-0.1, -0.05) is 11.6 Å².